The first-order valence-corrected chi connectivity index (χ1v) is 12.9. The molecule has 0 saturated carbocycles. The predicted octanol–water partition coefficient (Wildman–Crippen LogP) is 2.33. The zero-order chi connectivity index (χ0) is 23.8. The fourth-order valence-corrected chi connectivity index (χ4v) is 5.69. The maximum Gasteiger partial charge on any atom is 0.327 e. The summed E-state index contributed by atoms with van der Waals surface area (Å²) in [7, 11) is -1.98. The summed E-state index contributed by atoms with van der Waals surface area (Å²) in [6, 6.07) is 11.7. The summed E-state index contributed by atoms with van der Waals surface area (Å²) in [5, 5.41) is 0.493. The summed E-state index contributed by atoms with van der Waals surface area (Å²) in [5.74, 6) is -0.500. The molecule has 0 radical (unpaired) electrons. The molecule has 2 aliphatic rings. The van der Waals surface area contributed by atoms with Crippen molar-refractivity contribution < 1.29 is 22.7 Å². The third kappa shape index (κ3) is 4.71. The number of methoxy groups -OCH3 is 1. The Kier molecular flexibility index (Phi) is 6.65. The van der Waals surface area contributed by atoms with Crippen molar-refractivity contribution in [3.63, 3.8) is 0 Å². The van der Waals surface area contributed by atoms with Crippen molar-refractivity contribution in [1.82, 2.24) is 9.80 Å². The third-order valence-electron chi connectivity index (χ3n) is 6.17. The zero-order valence-electron chi connectivity index (χ0n) is 18.5. The molecule has 2 aromatic carbocycles. The summed E-state index contributed by atoms with van der Waals surface area (Å²) in [6.07, 6.45) is 1.76. The molecule has 0 aliphatic carbocycles. The van der Waals surface area contributed by atoms with Gasteiger partial charge in [-0.2, -0.15) is 0 Å². The van der Waals surface area contributed by atoms with Gasteiger partial charge >= 0.3 is 5.97 Å². The van der Waals surface area contributed by atoms with E-state index in [1.165, 1.54) is 17.7 Å². The average Bonchev–Trinajstić information content (AvgIpc) is 3.24. The van der Waals surface area contributed by atoms with E-state index in [4.69, 9.17) is 16.3 Å². The number of benzene rings is 2. The molecule has 2 aromatic rings. The molecule has 1 amide bonds. The van der Waals surface area contributed by atoms with Crippen LogP contribution in [0.25, 0.3) is 0 Å². The largest absolute Gasteiger partial charge is 0.468 e. The van der Waals surface area contributed by atoms with Crippen LogP contribution in [-0.2, 0) is 26.0 Å². The standard InChI is InChI=1S/C23H26ClN3O5S/c1-32-23(29)21(18-5-3-4-6-19(18)24)25-11-13-26(14-12-25)22(28)17-7-8-20-16(15-17)9-10-27(20)33(2,30)31/h3-8,15,21H,9-14H2,1-2H3. The van der Waals surface area contributed by atoms with Crippen LogP contribution in [0.1, 0.15) is 27.5 Å². The number of halogens is 1. The lowest BCUT2D eigenvalue weighted by atomic mass is 10.0. The minimum atomic E-state index is -3.33. The average molecular weight is 492 g/mol. The second-order valence-corrected chi connectivity index (χ2v) is 10.5. The van der Waals surface area contributed by atoms with E-state index in [-0.39, 0.29) is 5.91 Å². The first-order chi connectivity index (χ1) is 15.7. The number of rotatable bonds is 5. The van der Waals surface area contributed by atoms with Crippen molar-refractivity contribution in [1.29, 1.82) is 0 Å². The second-order valence-electron chi connectivity index (χ2n) is 8.20. The van der Waals surface area contributed by atoms with E-state index in [1.54, 1.807) is 29.2 Å². The molecule has 2 aliphatic heterocycles. The number of hydrogen-bond acceptors (Lipinski definition) is 6. The van der Waals surface area contributed by atoms with Gasteiger partial charge in [0.2, 0.25) is 10.0 Å². The van der Waals surface area contributed by atoms with Gasteiger partial charge in [0.25, 0.3) is 5.91 Å². The Bertz CT molecular complexity index is 1180. The van der Waals surface area contributed by atoms with Crippen molar-refractivity contribution in [2.75, 3.05) is 50.4 Å². The number of amides is 1. The number of nitrogens with zero attached hydrogens (tertiary/aromatic N) is 3. The molecule has 1 saturated heterocycles. The van der Waals surface area contributed by atoms with Gasteiger partial charge in [-0.05, 0) is 41.8 Å². The first-order valence-electron chi connectivity index (χ1n) is 10.7. The van der Waals surface area contributed by atoms with Gasteiger partial charge in [-0.15, -0.1) is 0 Å². The van der Waals surface area contributed by atoms with Crippen molar-refractivity contribution in [2.45, 2.75) is 12.5 Å². The number of ether oxygens (including phenoxy) is 1. The Balaban J connectivity index is 1.47. The van der Waals surface area contributed by atoms with E-state index >= 15 is 0 Å². The Morgan fingerprint density at radius 2 is 1.73 bits per heavy atom. The van der Waals surface area contributed by atoms with Gasteiger partial charge in [0.15, 0.2) is 0 Å². The number of piperazine rings is 1. The van der Waals surface area contributed by atoms with Crippen molar-refractivity contribution in [2.24, 2.45) is 0 Å². The molecule has 8 nitrogen and oxygen atoms in total. The quantitative estimate of drug-likeness (QED) is 0.597. The Morgan fingerprint density at radius 3 is 2.36 bits per heavy atom. The van der Waals surface area contributed by atoms with E-state index in [9.17, 15) is 18.0 Å². The van der Waals surface area contributed by atoms with Crippen LogP contribution in [0.15, 0.2) is 42.5 Å². The van der Waals surface area contributed by atoms with Crippen LogP contribution >= 0.6 is 11.6 Å². The summed E-state index contributed by atoms with van der Waals surface area (Å²) in [5.41, 5.74) is 2.71. The van der Waals surface area contributed by atoms with Crippen LogP contribution in [0.3, 0.4) is 0 Å². The lowest BCUT2D eigenvalue weighted by Gasteiger charge is -2.38. The Labute approximate surface area is 198 Å². The summed E-state index contributed by atoms with van der Waals surface area (Å²) < 4.78 is 30.3. The van der Waals surface area contributed by atoms with Gasteiger partial charge in [0, 0.05) is 43.3 Å². The predicted molar refractivity (Wildman–Crippen MR) is 126 cm³/mol. The number of anilines is 1. The van der Waals surface area contributed by atoms with E-state index in [0.717, 1.165) is 5.56 Å². The highest BCUT2D eigenvalue weighted by Gasteiger charge is 2.34. The summed E-state index contributed by atoms with van der Waals surface area (Å²) in [6.45, 7) is 2.27. The molecule has 0 aromatic heterocycles. The van der Waals surface area contributed by atoms with Gasteiger partial charge in [-0.3, -0.25) is 14.0 Å². The smallest absolute Gasteiger partial charge is 0.327 e. The van der Waals surface area contributed by atoms with Crippen LogP contribution < -0.4 is 4.31 Å². The number of sulfonamides is 1. The van der Waals surface area contributed by atoms with Crippen molar-refractivity contribution >= 4 is 39.2 Å². The lowest BCUT2D eigenvalue weighted by Crippen LogP contribution is -2.51. The zero-order valence-corrected chi connectivity index (χ0v) is 20.1. The Morgan fingerprint density at radius 1 is 1.03 bits per heavy atom. The summed E-state index contributed by atoms with van der Waals surface area (Å²) >= 11 is 6.34. The highest BCUT2D eigenvalue weighted by atomic mass is 35.5. The molecule has 1 fully saturated rings. The van der Waals surface area contributed by atoms with Crippen molar-refractivity contribution in [3.8, 4) is 0 Å². The fourth-order valence-electron chi connectivity index (χ4n) is 4.50. The fraction of sp³-hybridized carbons (Fsp3) is 0.391. The van der Waals surface area contributed by atoms with Crippen LogP contribution in [0.5, 0.6) is 0 Å². The lowest BCUT2D eigenvalue weighted by molar-refractivity contribution is -0.148. The molecule has 1 unspecified atom stereocenters. The molecule has 10 heteroatoms. The molecule has 33 heavy (non-hydrogen) atoms. The number of fused-ring (bicyclic) bond motifs is 1. The van der Waals surface area contributed by atoms with E-state index in [0.29, 0.717) is 61.0 Å². The Hall–Kier alpha value is -2.62. The molecule has 1 atom stereocenters. The molecular formula is C23H26ClN3O5S. The van der Waals surface area contributed by atoms with Gasteiger partial charge < -0.3 is 9.64 Å². The topological polar surface area (TPSA) is 87.2 Å². The minimum absolute atomic E-state index is 0.109. The number of carbonyl (C=O) groups excluding carboxylic acids is 2. The monoisotopic (exact) mass is 491 g/mol. The maximum atomic E-state index is 13.1. The molecule has 176 valence electrons. The van der Waals surface area contributed by atoms with E-state index in [1.807, 2.05) is 23.1 Å². The SMILES string of the molecule is COC(=O)C(c1ccccc1Cl)N1CCN(C(=O)c2ccc3c(c2)CCN3S(C)(=O)=O)CC1. The third-order valence-corrected chi connectivity index (χ3v) is 7.69. The van der Waals surface area contributed by atoms with E-state index < -0.39 is 22.0 Å². The van der Waals surface area contributed by atoms with Crippen LogP contribution in [0.2, 0.25) is 5.02 Å². The first kappa shape index (κ1) is 23.5. The van der Waals surface area contributed by atoms with Gasteiger partial charge in [0.05, 0.1) is 19.1 Å². The summed E-state index contributed by atoms with van der Waals surface area (Å²) in [4.78, 5) is 29.4. The van der Waals surface area contributed by atoms with Gasteiger partial charge in [-0.25, -0.2) is 13.2 Å². The minimum Gasteiger partial charge on any atom is -0.468 e. The van der Waals surface area contributed by atoms with Crippen LogP contribution in [0.4, 0.5) is 5.69 Å². The molecule has 0 bridgehead atoms. The van der Waals surface area contributed by atoms with Crippen LogP contribution in [-0.4, -0.2) is 76.2 Å². The number of hydrogen-bond donors (Lipinski definition) is 0. The highest BCUT2D eigenvalue weighted by molar-refractivity contribution is 7.92. The maximum absolute atomic E-state index is 13.1. The van der Waals surface area contributed by atoms with Gasteiger partial charge in [0.1, 0.15) is 6.04 Å². The highest BCUT2D eigenvalue weighted by Crippen LogP contribution is 2.32. The molecule has 0 N–H and O–H groups in total. The van der Waals surface area contributed by atoms with Gasteiger partial charge in [-0.1, -0.05) is 29.8 Å². The molecule has 2 heterocycles. The second kappa shape index (κ2) is 9.32. The van der Waals surface area contributed by atoms with E-state index in [2.05, 4.69) is 0 Å². The number of esters is 1. The molecular weight excluding hydrogens is 466 g/mol. The normalized spacial score (nSPS) is 17.5. The van der Waals surface area contributed by atoms with Crippen molar-refractivity contribution in [3.05, 3.63) is 64.2 Å². The molecule has 4 rings (SSSR count). The molecule has 0 spiro atoms. The van der Waals surface area contributed by atoms with Crippen LogP contribution in [0, 0.1) is 0 Å². The number of carbonyl (C=O) groups is 2.